The molecule has 21 heavy (non-hydrogen) atoms. The molecule has 0 heterocycles. The zero-order valence-corrected chi connectivity index (χ0v) is 13.0. The van der Waals surface area contributed by atoms with E-state index in [-0.39, 0.29) is 6.61 Å². The maximum atomic E-state index is 11.9. The molecule has 1 atom stereocenters. The topological polar surface area (TPSA) is 92.7 Å². The van der Waals surface area contributed by atoms with Crippen molar-refractivity contribution in [3.63, 3.8) is 0 Å². The smallest absolute Gasteiger partial charge is 0.329 e. The van der Waals surface area contributed by atoms with E-state index in [1.165, 1.54) is 0 Å². The molecule has 0 aliphatic carbocycles. The minimum absolute atomic E-state index is 0.229. The molecule has 7 heteroatoms. The van der Waals surface area contributed by atoms with Crippen LogP contribution in [0.25, 0.3) is 0 Å². The van der Waals surface area contributed by atoms with Crippen molar-refractivity contribution in [3.05, 3.63) is 29.8 Å². The van der Waals surface area contributed by atoms with Crippen molar-refractivity contribution in [2.45, 2.75) is 32.7 Å². The summed E-state index contributed by atoms with van der Waals surface area (Å²) in [5, 5.41) is 2.78. The van der Waals surface area contributed by atoms with Crippen LogP contribution in [-0.2, 0) is 19.6 Å². The lowest BCUT2D eigenvalue weighted by molar-refractivity contribution is -0.144. The van der Waals surface area contributed by atoms with Gasteiger partial charge in [0, 0.05) is 5.69 Å². The van der Waals surface area contributed by atoms with Gasteiger partial charge >= 0.3 is 5.97 Å². The molecule has 6 nitrogen and oxygen atoms in total. The van der Waals surface area contributed by atoms with Crippen molar-refractivity contribution in [2.24, 2.45) is 0 Å². The van der Waals surface area contributed by atoms with Crippen LogP contribution in [0.1, 0.15) is 25.3 Å². The minimum Gasteiger partial charge on any atom is -0.464 e. The quantitative estimate of drug-likeness (QED) is 0.433. The molecule has 0 unspecified atom stereocenters. The predicted molar refractivity (Wildman–Crippen MR) is 80.9 cm³/mol. The first-order valence-electron chi connectivity index (χ1n) is 6.77. The molecule has 0 saturated heterocycles. The number of esters is 1. The molecule has 1 aromatic rings. The normalized spacial score (nSPS) is 12.7. The Bertz CT molecular complexity index is 553. The molecule has 0 fully saturated rings. The van der Waals surface area contributed by atoms with E-state index in [2.05, 4.69) is 5.32 Å². The van der Waals surface area contributed by atoms with Crippen molar-refractivity contribution in [2.75, 3.05) is 17.7 Å². The Labute approximate surface area is 125 Å². The van der Waals surface area contributed by atoms with Gasteiger partial charge in [-0.1, -0.05) is 31.0 Å². The number of benzene rings is 1. The van der Waals surface area contributed by atoms with Crippen LogP contribution in [0.5, 0.6) is 0 Å². The standard InChI is InChI=1S/C14H21NO5S/c1-3-4-9-20-14(16)13(10-21(17,18)19)15-12-7-5-11(2)6-8-12/h5-8,13,15H,3-4,9-10H2,1-2H3,(H,17,18,19)/t13-/m0/s1. The first-order valence-corrected chi connectivity index (χ1v) is 8.37. The van der Waals surface area contributed by atoms with Gasteiger partial charge in [0.2, 0.25) is 0 Å². The van der Waals surface area contributed by atoms with Gasteiger partial charge in [-0.15, -0.1) is 0 Å². The number of hydrogen-bond acceptors (Lipinski definition) is 5. The third-order valence-corrected chi connectivity index (χ3v) is 3.55. The fraction of sp³-hybridized carbons (Fsp3) is 0.500. The maximum Gasteiger partial charge on any atom is 0.329 e. The van der Waals surface area contributed by atoms with Gasteiger partial charge in [-0.05, 0) is 25.5 Å². The molecule has 0 radical (unpaired) electrons. The van der Waals surface area contributed by atoms with E-state index < -0.39 is 27.9 Å². The molecule has 0 saturated carbocycles. The average Bonchev–Trinajstić information content (AvgIpc) is 2.39. The van der Waals surface area contributed by atoms with Crippen LogP contribution in [0.4, 0.5) is 5.69 Å². The second-order valence-electron chi connectivity index (χ2n) is 4.83. The number of carbonyl (C=O) groups is 1. The first-order chi connectivity index (χ1) is 9.81. The van der Waals surface area contributed by atoms with Gasteiger partial charge in [0.05, 0.1) is 6.61 Å². The number of ether oxygens (including phenoxy) is 1. The summed E-state index contributed by atoms with van der Waals surface area (Å²) < 4.78 is 36.0. The van der Waals surface area contributed by atoms with E-state index in [0.717, 1.165) is 12.0 Å². The van der Waals surface area contributed by atoms with Gasteiger partial charge in [0.15, 0.2) is 0 Å². The number of unbranched alkanes of at least 4 members (excludes halogenated alkanes) is 1. The number of rotatable bonds is 8. The van der Waals surface area contributed by atoms with E-state index in [1.54, 1.807) is 12.1 Å². The average molecular weight is 315 g/mol. The molecule has 118 valence electrons. The Kier molecular flexibility index (Phi) is 6.64. The number of hydrogen-bond donors (Lipinski definition) is 2. The van der Waals surface area contributed by atoms with Gasteiger partial charge in [0.25, 0.3) is 10.1 Å². The van der Waals surface area contributed by atoms with Crippen molar-refractivity contribution in [1.82, 2.24) is 0 Å². The van der Waals surface area contributed by atoms with E-state index >= 15 is 0 Å². The lowest BCUT2D eigenvalue weighted by Crippen LogP contribution is -2.37. The highest BCUT2D eigenvalue weighted by Crippen LogP contribution is 2.12. The summed E-state index contributed by atoms with van der Waals surface area (Å²) >= 11 is 0. The highest BCUT2D eigenvalue weighted by molar-refractivity contribution is 7.85. The van der Waals surface area contributed by atoms with Crippen LogP contribution in [0, 0.1) is 6.92 Å². The molecule has 1 aromatic carbocycles. The highest BCUT2D eigenvalue weighted by atomic mass is 32.2. The van der Waals surface area contributed by atoms with E-state index in [9.17, 15) is 13.2 Å². The van der Waals surface area contributed by atoms with Gasteiger partial charge in [-0.25, -0.2) is 4.79 Å². The van der Waals surface area contributed by atoms with Crippen LogP contribution in [0.15, 0.2) is 24.3 Å². The second kappa shape index (κ2) is 7.99. The molecular weight excluding hydrogens is 294 g/mol. The van der Waals surface area contributed by atoms with Gasteiger partial charge in [0.1, 0.15) is 11.8 Å². The Balaban J connectivity index is 2.76. The fourth-order valence-electron chi connectivity index (χ4n) is 1.65. The van der Waals surface area contributed by atoms with Crippen LogP contribution in [0.2, 0.25) is 0 Å². The van der Waals surface area contributed by atoms with Gasteiger partial charge in [-0.3, -0.25) is 4.55 Å². The van der Waals surface area contributed by atoms with Gasteiger partial charge in [-0.2, -0.15) is 8.42 Å². The number of nitrogens with one attached hydrogen (secondary N) is 1. The molecular formula is C14H21NO5S. The minimum atomic E-state index is -4.29. The van der Waals surface area contributed by atoms with Crippen molar-refractivity contribution in [3.8, 4) is 0 Å². The van der Waals surface area contributed by atoms with E-state index in [1.807, 2.05) is 26.0 Å². The third kappa shape index (κ3) is 7.10. The zero-order valence-electron chi connectivity index (χ0n) is 12.2. The molecule has 0 aliphatic heterocycles. The number of carbonyl (C=O) groups excluding carboxylic acids is 1. The summed E-state index contributed by atoms with van der Waals surface area (Å²) in [4.78, 5) is 11.9. The van der Waals surface area contributed by atoms with Gasteiger partial charge < -0.3 is 10.1 Å². The summed E-state index contributed by atoms with van der Waals surface area (Å²) in [5.74, 6) is -1.42. The predicted octanol–water partition coefficient (Wildman–Crippen LogP) is 2.01. The summed E-state index contributed by atoms with van der Waals surface area (Å²) in [6, 6.07) is 5.97. The number of anilines is 1. The second-order valence-corrected chi connectivity index (χ2v) is 6.33. The maximum absolute atomic E-state index is 11.9. The largest absolute Gasteiger partial charge is 0.464 e. The van der Waals surface area contributed by atoms with E-state index in [0.29, 0.717) is 12.1 Å². The molecule has 1 rings (SSSR count). The Morgan fingerprint density at radius 2 is 1.95 bits per heavy atom. The SMILES string of the molecule is CCCCOC(=O)[C@H](CS(=O)(=O)O)Nc1ccc(C)cc1. The lowest BCUT2D eigenvalue weighted by Gasteiger charge is -2.17. The molecule has 0 amide bonds. The summed E-state index contributed by atoms with van der Waals surface area (Å²) in [6.45, 7) is 4.10. The summed E-state index contributed by atoms with van der Waals surface area (Å²) in [5.41, 5.74) is 1.62. The van der Waals surface area contributed by atoms with Crippen LogP contribution in [0.3, 0.4) is 0 Å². The van der Waals surface area contributed by atoms with Crippen molar-refractivity contribution < 1.29 is 22.5 Å². The number of aryl methyl sites for hydroxylation is 1. The van der Waals surface area contributed by atoms with E-state index in [4.69, 9.17) is 9.29 Å². The molecule has 2 N–H and O–H groups in total. The molecule has 0 bridgehead atoms. The third-order valence-electron chi connectivity index (χ3n) is 2.80. The van der Waals surface area contributed by atoms with Crippen molar-refractivity contribution >= 4 is 21.8 Å². The Hall–Kier alpha value is -1.60. The zero-order chi connectivity index (χ0) is 15.9. The van der Waals surface area contributed by atoms with Crippen LogP contribution in [-0.4, -0.2) is 37.3 Å². The first kappa shape index (κ1) is 17.5. The summed E-state index contributed by atoms with van der Waals surface area (Å²) in [7, 11) is -4.29. The summed E-state index contributed by atoms with van der Waals surface area (Å²) in [6.07, 6.45) is 1.57. The highest BCUT2D eigenvalue weighted by Gasteiger charge is 2.25. The molecule has 0 aromatic heterocycles. The van der Waals surface area contributed by atoms with Crippen LogP contribution >= 0.6 is 0 Å². The Morgan fingerprint density at radius 3 is 2.48 bits per heavy atom. The van der Waals surface area contributed by atoms with Crippen LogP contribution < -0.4 is 5.32 Å². The Morgan fingerprint density at radius 1 is 1.33 bits per heavy atom. The fourth-order valence-corrected chi connectivity index (χ4v) is 2.29. The monoisotopic (exact) mass is 315 g/mol. The molecule has 0 spiro atoms. The van der Waals surface area contributed by atoms with Crippen molar-refractivity contribution in [1.29, 1.82) is 0 Å². The lowest BCUT2D eigenvalue weighted by atomic mass is 10.2. The molecule has 0 aliphatic rings.